The van der Waals surface area contributed by atoms with E-state index in [9.17, 15) is 5.11 Å². The third-order valence-electron chi connectivity index (χ3n) is 1.54. The van der Waals surface area contributed by atoms with E-state index >= 15 is 0 Å². The quantitative estimate of drug-likeness (QED) is 0.545. The Bertz CT molecular complexity index is 251. The Morgan fingerprint density at radius 1 is 1.54 bits per heavy atom. The Morgan fingerprint density at radius 3 is 2.92 bits per heavy atom. The standard InChI is InChI=1S/C7H13N3O3/c8-3-1-5(12)7-9-6(2-4-11)10-13-7/h5,11-12H,1-4,8H2. The first-order valence-corrected chi connectivity index (χ1v) is 4.09. The summed E-state index contributed by atoms with van der Waals surface area (Å²) in [5, 5.41) is 21.5. The summed E-state index contributed by atoms with van der Waals surface area (Å²) in [5.41, 5.74) is 5.24. The predicted octanol–water partition coefficient (Wildman–Crippen LogP) is -1.01. The molecule has 4 N–H and O–H groups in total. The second kappa shape index (κ2) is 4.90. The molecule has 0 aliphatic heterocycles. The molecule has 0 bridgehead atoms. The lowest BCUT2D eigenvalue weighted by Crippen LogP contribution is -2.07. The van der Waals surface area contributed by atoms with Crippen LogP contribution in [0.15, 0.2) is 4.52 Å². The number of aliphatic hydroxyl groups is 2. The molecule has 0 saturated heterocycles. The molecule has 0 aromatic carbocycles. The van der Waals surface area contributed by atoms with Crippen molar-refractivity contribution in [3.63, 3.8) is 0 Å². The molecule has 0 amide bonds. The van der Waals surface area contributed by atoms with Gasteiger partial charge in [-0.05, 0) is 13.0 Å². The van der Waals surface area contributed by atoms with Crippen LogP contribution in [0.4, 0.5) is 0 Å². The van der Waals surface area contributed by atoms with Gasteiger partial charge in [0.05, 0.1) is 6.61 Å². The predicted molar refractivity (Wildman–Crippen MR) is 43.7 cm³/mol. The van der Waals surface area contributed by atoms with E-state index in [2.05, 4.69) is 10.1 Å². The normalized spacial score (nSPS) is 13.2. The topological polar surface area (TPSA) is 105 Å². The summed E-state index contributed by atoms with van der Waals surface area (Å²) in [7, 11) is 0. The smallest absolute Gasteiger partial charge is 0.255 e. The molecule has 1 rings (SSSR count). The van der Waals surface area contributed by atoms with Crippen LogP contribution < -0.4 is 5.73 Å². The molecule has 0 aliphatic carbocycles. The molecule has 13 heavy (non-hydrogen) atoms. The Kier molecular flexibility index (Phi) is 3.81. The number of hydrogen-bond acceptors (Lipinski definition) is 6. The van der Waals surface area contributed by atoms with Crippen molar-refractivity contribution >= 4 is 0 Å². The fourth-order valence-corrected chi connectivity index (χ4v) is 0.886. The van der Waals surface area contributed by atoms with Crippen LogP contribution >= 0.6 is 0 Å². The zero-order chi connectivity index (χ0) is 9.68. The number of hydrogen-bond donors (Lipinski definition) is 3. The van der Waals surface area contributed by atoms with Crippen molar-refractivity contribution in [2.75, 3.05) is 13.2 Å². The zero-order valence-corrected chi connectivity index (χ0v) is 7.18. The minimum Gasteiger partial charge on any atom is -0.396 e. The van der Waals surface area contributed by atoms with Crippen LogP contribution in [0.2, 0.25) is 0 Å². The van der Waals surface area contributed by atoms with Crippen LogP contribution in [-0.4, -0.2) is 33.5 Å². The molecule has 0 aliphatic rings. The van der Waals surface area contributed by atoms with E-state index in [-0.39, 0.29) is 12.5 Å². The fourth-order valence-electron chi connectivity index (χ4n) is 0.886. The van der Waals surface area contributed by atoms with E-state index in [1.54, 1.807) is 0 Å². The van der Waals surface area contributed by atoms with Crippen molar-refractivity contribution < 1.29 is 14.7 Å². The summed E-state index contributed by atoms with van der Waals surface area (Å²) in [6.45, 7) is 0.324. The summed E-state index contributed by atoms with van der Waals surface area (Å²) >= 11 is 0. The maximum atomic E-state index is 9.36. The lowest BCUT2D eigenvalue weighted by atomic mass is 10.2. The number of rotatable bonds is 5. The van der Waals surface area contributed by atoms with Gasteiger partial charge < -0.3 is 20.5 Å². The van der Waals surface area contributed by atoms with E-state index in [1.165, 1.54) is 0 Å². The van der Waals surface area contributed by atoms with Gasteiger partial charge in [-0.25, -0.2) is 0 Å². The molecule has 0 saturated carbocycles. The molecular formula is C7H13N3O3. The van der Waals surface area contributed by atoms with Crippen molar-refractivity contribution in [1.29, 1.82) is 0 Å². The second-order valence-electron chi connectivity index (χ2n) is 2.62. The van der Waals surface area contributed by atoms with Crippen LogP contribution in [-0.2, 0) is 6.42 Å². The number of aliphatic hydroxyl groups excluding tert-OH is 2. The summed E-state index contributed by atoms with van der Waals surface area (Å²) in [6.07, 6.45) is -0.0792. The maximum absolute atomic E-state index is 9.36. The lowest BCUT2D eigenvalue weighted by molar-refractivity contribution is 0.127. The molecule has 6 nitrogen and oxygen atoms in total. The molecule has 74 valence electrons. The van der Waals surface area contributed by atoms with E-state index < -0.39 is 6.10 Å². The van der Waals surface area contributed by atoms with Crippen molar-refractivity contribution in [2.24, 2.45) is 5.73 Å². The molecular weight excluding hydrogens is 174 g/mol. The van der Waals surface area contributed by atoms with Gasteiger partial charge in [-0.3, -0.25) is 0 Å². The molecule has 1 heterocycles. The Morgan fingerprint density at radius 2 is 2.31 bits per heavy atom. The van der Waals surface area contributed by atoms with Crippen LogP contribution in [0.3, 0.4) is 0 Å². The molecule has 1 aromatic rings. The van der Waals surface area contributed by atoms with Crippen molar-refractivity contribution in [2.45, 2.75) is 18.9 Å². The summed E-state index contributed by atoms with van der Waals surface area (Å²) in [6, 6.07) is 0. The summed E-state index contributed by atoms with van der Waals surface area (Å²) in [4.78, 5) is 3.88. The fraction of sp³-hybridized carbons (Fsp3) is 0.714. The minimum absolute atomic E-state index is 0.0358. The number of nitrogens with two attached hydrogens (primary N) is 1. The summed E-state index contributed by atoms with van der Waals surface area (Å²) < 4.78 is 4.75. The molecule has 0 fully saturated rings. The largest absolute Gasteiger partial charge is 0.396 e. The van der Waals surface area contributed by atoms with Gasteiger partial charge in [0.15, 0.2) is 5.82 Å². The van der Waals surface area contributed by atoms with Crippen LogP contribution in [0.5, 0.6) is 0 Å². The van der Waals surface area contributed by atoms with Gasteiger partial charge in [-0.15, -0.1) is 0 Å². The van der Waals surface area contributed by atoms with Gasteiger partial charge >= 0.3 is 0 Å². The van der Waals surface area contributed by atoms with E-state index in [0.29, 0.717) is 25.2 Å². The van der Waals surface area contributed by atoms with Gasteiger partial charge in [0.2, 0.25) is 0 Å². The first-order chi connectivity index (χ1) is 6.27. The highest BCUT2D eigenvalue weighted by Crippen LogP contribution is 2.12. The molecule has 0 radical (unpaired) electrons. The second-order valence-corrected chi connectivity index (χ2v) is 2.62. The number of nitrogens with zero attached hydrogens (tertiary/aromatic N) is 2. The van der Waals surface area contributed by atoms with Gasteiger partial charge in [0, 0.05) is 6.42 Å². The number of aromatic nitrogens is 2. The van der Waals surface area contributed by atoms with Crippen molar-refractivity contribution in [3.8, 4) is 0 Å². The average Bonchev–Trinajstić information content (AvgIpc) is 2.54. The van der Waals surface area contributed by atoms with Gasteiger partial charge in [0.1, 0.15) is 6.10 Å². The van der Waals surface area contributed by atoms with Crippen molar-refractivity contribution in [1.82, 2.24) is 10.1 Å². The highest BCUT2D eigenvalue weighted by Gasteiger charge is 2.14. The Hall–Kier alpha value is -0.980. The molecule has 1 atom stereocenters. The van der Waals surface area contributed by atoms with E-state index in [4.69, 9.17) is 15.4 Å². The van der Waals surface area contributed by atoms with Crippen LogP contribution in [0.25, 0.3) is 0 Å². The van der Waals surface area contributed by atoms with Crippen LogP contribution in [0, 0.1) is 0 Å². The Labute approximate surface area is 75.4 Å². The first kappa shape index (κ1) is 10.1. The molecule has 1 unspecified atom stereocenters. The monoisotopic (exact) mass is 187 g/mol. The molecule has 6 heteroatoms. The maximum Gasteiger partial charge on any atom is 0.255 e. The SMILES string of the molecule is NCCC(O)c1nc(CCO)no1. The molecule has 1 aromatic heterocycles. The summed E-state index contributed by atoms with van der Waals surface area (Å²) in [5.74, 6) is 0.558. The van der Waals surface area contributed by atoms with E-state index in [1.807, 2.05) is 0 Å². The van der Waals surface area contributed by atoms with Crippen LogP contribution in [0.1, 0.15) is 24.2 Å². The van der Waals surface area contributed by atoms with Gasteiger partial charge in [-0.2, -0.15) is 4.98 Å². The third kappa shape index (κ3) is 2.76. The van der Waals surface area contributed by atoms with Gasteiger partial charge in [-0.1, -0.05) is 5.16 Å². The third-order valence-corrected chi connectivity index (χ3v) is 1.54. The minimum atomic E-state index is -0.801. The van der Waals surface area contributed by atoms with Gasteiger partial charge in [0.25, 0.3) is 5.89 Å². The Balaban J connectivity index is 2.56. The lowest BCUT2D eigenvalue weighted by Gasteiger charge is -2.00. The highest BCUT2D eigenvalue weighted by atomic mass is 16.5. The zero-order valence-electron chi connectivity index (χ0n) is 7.18. The molecule has 0 spiro atoms. The van der Waals surface area contributed by atoms with E-state index in [0.717, 1.165) is 0 Å². The average molecular weight is 187 g/mol. The first-order valence-electron chi connectivity index (χ1n) is 4.09. The van der Waals surface area contributed by atoms with Crippen molar-refractivity contribution in [3.05, 3.63) is 11.7 Å². The highest BCUT2D eigenvalue weighted by molar-refractivity contribution is 4.89.